The van der Waals surface area contributed by atoms with Gasteiger partial charge in [0.15, 0.2) is 0 Å². The van der Waals surface area contributed by atoms with Gasteiger partial charge < -0.3 is 10.1 Å². The normalized spacial score (nSPS) is 13.6. The molecular weight excluding hydrogens is 229 g/mol. The fourth-order valence-electron chi connectivity index (χ4n) is 2.16. The molecule has 102 valence electrons. The first-order valence-electron chi connectivity index (χ1n) is 6.64. The molecule has 1 aromatic carbocycles. The van der Waals surface area contributed by atoms with E-state index in [1.807, 2.05) is 19.1 Å². The van der Waals surface area contributed by atoms with Gasteiger partial charge in [-0.05, 0) is 51.4 Å². The molecule has 18 heavy (non-hydrogen) atoms. The first-order valence-corrected chi connectivity index (χ1v) is 6.64. The summed E-state index contributed by atoms with van der Waals surface area (Å²) in [7, 11) is 0. The maximum Gasteiger partial charge on any atom is 0.123 e. The number of benzene rings is 1. The second-order valence-corrected chi connectivity index (χ2v) is 4.98. The predicted octanol–water partition coefficient (Wildman–Crippen LogP) is 3.68. The van der Waals surface area contributed by atoms with Crippen molar-refractivity contribution in [2.45, 2.75) is 45.8 Å². The molecule has 0 amide bonds. The highest BCUT2D eigenvalue weighted by Gasteiger charge is 2.30. The summed E-state index contributed by atoms with van der Waals surface area (Å²) in [6, 6.07) is 6.71. The van der Waals surface area contributed by atoms with Crippen LogP contribution in [0.15, 0.2) is 24.3 Å². The quantitative estimate of drug-likeness (QED) is 0.800. The van der Waals surface area contributed by atoms with Gasteiger partial charge in [0.2, 0.25) is 0 Å². The van der Waals surface area contributed by atoms with E-state index in [-0.39, 0.29) is 17.5 Å². The maximum absolute atomic E-state index is 13.0. The predicted molar refractivity (Wildman–Crippen MR) is 73.1 cm³/mol. The average molecular weight is 253 g/mol. The van der Waals surface area contributed by atoms with Crippen molar-refractivity contribution in [2.75, 3.05) is 13.2 Å². The molecule has 0 bridgehead atoms. The molecule has 0 radical (unpaired) electrons. The highest BCUT2D eigenvalue weighted by atomic mass is 19.1. The third kappa shape index (κ3) is 4.07. The smallest absolute Gasteiger partial charge is 0.123 e. The second kappa shape index (κ2) is 6.86. The molecule has 0 heterocycles. The zero-order valence-electron chi connectivity index (χ0n) is 11.8. The Morgan fingerprint density at radius 2 is 1.83 bits per heavy atom. The first-order chi connectivity index (χ1) is 8.51. The van der Waals surface area contributed by atoms with Gasteiger partial charge in [0.1, 0.15) is 5.82 Å². The molecule has 0 aromatic heterocycles. The Hall–Kier alpha value is -0.930. The fraction of sp³-hybridized carbons (Fsp3) is 0.600. The van der Waals surface area contributed by atoms with Gasteiger partial charge in [-0.15, -0.1) is 0 Å². The van der Waals surface area contributed by atoms with Crippen LogP contribution < -0.4 is 5.32 Å². The molecule has 1 rings (SSSR count). The van der Waals surface area contributed by atoms with Gasteiger partial charge in [0.05, 0.1) is 11.6 Å². The van der Waals surface area contributed by atoms with E-state index in [0.29, 0.717) is 6.61 Å². The molecule has 0 aliphatic rings. The topological polar surface area (TPSA) is 21.3 Å². The summed E-state index contributed by atoms with van der Waals surface area (Å²) in [5.41, 5.74) is 0.741. The Bertz CT molecular complexity index is 348. The van der Waals surface area contributed by atoms with Crippen molar-refractivity contribution in [3.05, 3.63) is 35.6 Å². The summed E-state index contributed by atoms with van der Waals surface area (Å²) in [5.74, 6) is -0.206. The summed E-state index contributed by atoms with van der Waals surface area (Å²) >= 11 is 0. The van der Waals surface area contributed by atoms with Crippen molar-refractivity contribution >= 4 is 0 Å². The molecule has 3 heteroatoms. The van der Waals surface area contributed by atoms with Crippen LogP contribution in [0.3, 0.4) is 0 Å². The van der Waals surface area contributed by atoms with Crippen LogP contribution >= 0.6 is 0 Å². The third-order valence-electron chi connectivity index (χ3n) is 3.01. The zero-order valence-corrected chi connectivity index (χ0v) is 11.8. The number of halogens is 1. The van der Waals surface area contributed by atoms with E-state index >= 15 is 0 Å². The van der Waals surface area contributed by atoms with Crippen molar-refractivity contribution in [3.8, 4) is 0 Å². The second-order valence-electron chi connectivity index (χ2n) is 4.98. The Balaban J connectivity index is 2.93. The Labute approximate surface area is 110 Å². The molecule has 2 nitrogen and oxygen atoms in total. The van der Waals surface area contributed by atoms with Crippen LogP contribution in [0.1, 0.15) is 45.7 Å². The number of ether oxygens (including phenoxy) is 1. The molecule has 1 aromatic rings. The Kier molecular flexibility index (Phi) is 5.76. The van der Waals surface area contributed by atoms with E-state index in [0.717, 1.165) is 18.5 Å². The monoisotopic (exact) mass is 253 g/mol. The van der Waals surface area contributed by atoms with E-state index in [1.54, 1.807) is 0 Å². The highest BCUT2D eigenvalue weighted by molar-refractivity contribution is 5.22. The molecule has 1 N–H and O–H groups in total. The van der Waals surface area contributed by atoms with Gasteiger partial charge in [0, 0.05) is 6.61 Å². The lowest BCUT2D eigenvalue weighted by molar-refractivity contribution is -0.0391. The van der Waals surface area contributed by atoms with Crippen molar-refractivity contribution < 1.29 is 9.13 Å². The lowest BCUT2D eigenvalue weighted by Crippen LogP contribution is -2.42. The molecule has 0 aliphatic carbocycles. The number of hydrogen-bond donors (Lipinski definition) is 1. The van der Waals surface area contributed by atoms with Gasteiger partial charge in [-0.1, -0.05) is 19.1 Å². The Morgan fingerprint density at radius 1 is 1.22 bits per heavy atom. The van der Waals surface area contributed by atoms with Crippen molar-refractivity contribution in [1.82, 2.24) is 5.32 Å². The molecule has 1 atom stereocenters. The van der Waals surface area contributed by atoms with Crippen LogP contribution in [-0.4, -0.2) is 18.8 Å². The lowest BCUT2D eigenvalue weighted by atomic mass is 9.91. The standard InChI is InChI=1S/C15H24FNO/c1-5-11-17-14(15(3,4)18-6-2)12-7-9-13(16)10-8-12/h7-10,14,17H,5-6,11H2,1-4H3. The van der Waals surface area contributed by atoms with Crippen LogP contribution in [0.25, 0.3) is 0 Å². The van der Waals surface area contributed by atoms with E-state index in [2.05, 4.69) is 26.1 Å². The number of nitrogens with one attached hydrogen (secondary N) is 1. The molecule has 0 spiro atoms. The largest absolute Gasteiger partial charge is 0.374 e. The molecular formula is C15H24FNO. The van der Waals surface area contributed by atoms with Gasteiger partial charge >= 0.3 is 0 Å². The zero-order chi connectivity index (χ0) is 13.6. The van der Waals surface area contributed by atoms with Crippen molar-refractivity contribution in [2.24, 2.45) is 0 Å². The number of hydrogen-bond acceptors (Lipinski definition) is 2. The lowest BCUT2D eigenvalue weighted by Gasteiger charge is -2.35. The van der Waals surface area contributed by atoms with Crippen molar-refractivity contribution in [3.63, 3.8) is 0 Å². The van der Waals surface area contributed by atoms with E-state index < -0.39 is 0 Å². The van der Waals surface area contributed by atoms with Crippen LogP contribution in [-0.2, 0) is 4.74 Å². The minimum atomic E-state index is -0.318. The van der Waals surface area contributed by atoms with Gasteiger partial charge in [-0.2, -0.15) is 0 Å². The van der Waals surface area contributed by atoms with Gasteiger partial charge in [-0.25, -0.2) is 4.39 Å². The van der Waals surface area contributed by atoms with E-state index in [9.17, 15) is 4.39 Å². The van der Waals surface area contributed by atoms with E-state index in [1.165, 1.54) is 12.1 Å². The summed E-state index contributed by atoms with van der Waals surface area (Å²) in [6.07, 6.45) is 1.06. The minimum Gasteiger partial charge on any atom is -0.374 e. The summed E-state index contributed by atoms with van der Waals surface area (Å²) in [5, 5.41) is 3.48. The van der Waals surface area contributed by atoms with Crippen molar-refractivity contribution in [1.29, 1.82) is 0 Å². The first kappa shape index (κ1) is 15.1. The van der Waals surface area contributed by atoms with Crippen LogP contribution in [0.4, 0.5) is 4.39 Å². The SMILES string of the molecule is CCCNC(c1ccc(F)cc1)C(C)(C)OCC. The molecule has 0 fully saturated rings. The summed E-state index contributed by atoms with van der Waals surface area (Å²) in [4.78, 5) is 0. The van der Waals surface area contributed by atoms with Crippen LogP contribution in [0.2, 0.25) is 0 Å². The average Bonchev–Trinajstić information content (AvgIpc) is 2.31. The molecule has 0 saturated carbocycles. The highest BCUT2D eigenvalue weighted by Crippen LogP contribution is 2.29. The third-order valence-corrected chi connectivity index (χ3v) is 3.01. The molecule has 0 aliphatic heterocycles. The maximum atomic E-state index is 13.0. The van der Waals surface area contributed by atoms with Gasteiger partial charge in [-0.3, -0.25) is 0 Å². The summed E-state index contributed by atoms with van der Waals surface area (Å²) in [6.45, 7) is 9.82. The Morgan fingerprint density at radius 3 is 2.33 bits per heavy atom. The molecule has 0 saturated heterocycles. The van der Waals surface area contributed by atoms with E-state index in [4.69, 9.17) is 4.74 Å². The summed E-state index contributed by atoms with van der Waals surface area (Å²) < 4.78 is 18.8. The molecule has 1 unspecified atom stereocenters. The van der Waals surface area contributed by atoms with Crippen LogP contribution in [0.5, 0.6) is 0 Å². The fourth-order valence-corrected chi connectivity index (χ4v) is 2.16. The minimum absolute atomic E-state index is 0.0676. The van der Waals surface area contributed by atoms with Gasteiger partial charge in [0.25, 0.3) is 0 Å². The number of rotatable bonds is 7. The van der Waals surface area contributed by atoms with Crippen LogP contribution in [0, 0.1) is 5.82 Å².